The van der Waals surface area contributed by atoms with Gasteiger partial charge in [0.25, 0.3) is 0 Å². The van der Waals surface area contributed by atoms with E-state index in [-0.39, 0.29) is 33.1 Å². The van der Waals surface area contributed by atoms with Crippen LogP contribution >= 0.6 is 11.6 Å². The van der Waals surface area contributed by atoms with Crippen molar-refractivity contribution in [3.63, 3.8) is 0 Å². The smallest absolute Gasteiger partial charge is 0.338 e. The molecule has 0 atom stereocenters. The summed E-state index contributed by atoms with van der Waals surface area (Å²) in [6, 6.07) is 10.4. The van der Waals surface area contributed by atoms with Crippen molar-refractivity contribution < 1.29 is 19.1 Å². The highest BCUT2D eigenvalue weighted by molar-refractivity contribution is 6.33. The molecule has 0 saturated heterocycles. The summed E-state index contributed by atoms with van der Waals surface area (Å²) in [6.07, 6.45) is 17.6. The fourth-order valence-corrected chi connectivity index (χ4v) is 4.82. The van der Waals surface area contributed by atoms with Crippen molar-refractivity contribution in [1.82, 2.24) is 5.43 Å². The number of amides is 2. The number of nitrogens with one attached hydrogen (secondary N) is 3. The Labute approximate surface area is 260 Å². The molecule has 3 N–H and O–H groups in total. The molecule has 0 radical (unpaired) electrons. The number of unbranched alkanes of at least 4 members (excludes halogenated alkanes) is 13. The first kappa shape index (κ1) is 35.2. The number of anilines is 2. The predicted molar refractivity (Wildman–Crippen MR) is 170 cm³/mol. The van der Waals surface area contributed by atoms with Gasteiger partial charge in [-0.3, -0.25) is 10.9 Å². The summed E-state index contributed by atoms with van der Waals surface area (Å²) in [6.45, 7) is 2.59. The van der Waals surface area contributed by atoms with Gasteiger partial charge in [-0.25, -0.2) is 9.59 Å². The van der Waals surface area contributed by atoms with E-state index >= 15 is 0 Å². The third kappa shape index (κ3) is 13.3. The summed E-state index contributed by atoms with van der Waals surface area (Å²) in [4.78, 5) is 25.1. The molecule has 2 amide bonds. The van der Waals surface area contributed by atoms with E-state index in [1.54, 1.807) is 12.1 Å². The standard InChI is InChI=1S/C33H44ClN5O4/c1-3-4-5-6-7-8-9-10-11-12-13-14-15-16-19-43-32(40)25-17-18-31(42-2)30(21-25)37-33(41)39-38-29-22-27(24-36)26(23-35)20-28(29)34/h17-18,20-22,38H,3-16,19H2,1-2H3,(H2,37,39,41). The molecule has 0 fully saturated rings. The Hall–Kier alpha value is -3.95. The first-order valence-corrected chi connectivity index (χ1v) is 15.6. The molecule has 0 saturated carbocycles. The minimum Gasteiger partial charge on any atom is -0.495 e. The maximum absolute atomic E-state index is 12.6. The van der Waals surface area contributed by atoms with Crippen LogP contribution in [0.25, 0.3) is 0 Å². The number of hydrogen-bond donors (Lipinski definition) is 3. The molecule has 10 heteroatoms. The Bertz CT molecular complexity index is 1260. The normalized spacial score (nSPS) is 10.3. The van der Waals surface area contributed by atoms with Gasteiger partial charge in [0.1, 0.15) is 17.9 Å². The lowest BCUT2D eigenvalue weighted by molar-refractivity contribution is 0.0497. The van der Waals surface area contributed by atoms with E-state index in [0.29, 0.717) is 12.4 Å². The second-order valence-corrected chi connectivity index (χ2v) is 10.9. The van der Waals surface area contributed by atoms with Gasteiger partial charge >= 0.3 is 12.0 Å². The Morgan fingerprint density at radius 2 is 1.35 bits per heavy atom. The van der Waals surface area contributed by atoms with Crippen LogP contribution in [0.2, 0.25) is 5.02 Å². The first-order valence-electron chi connectivity index (χ1n) is 15.2. The van der Waals surface area contributed by atoms with Crippen molar-refractivity contribution >= 4 is 35.0 Å². The lowest BCUT2D eigenvalue weighted by Gasteiger charge is -2.14. The molecule has 9 nitrogen and oxygen atoms in total. The van der Waals surface area contributed by atoms with Crippen molar-refractivity contribution in [3.05, 3.63) is 52.0 Å². The van der Waals surface area contributed by atoms with Crippen LogP contribution in [-0.4, -0.2) is 25.7 Å². The zero-order valence-corrected chi connectivity index (χ0v) is 26.2. The lowest BCUT2D eigenvalue weighted by Crippen LogP contribution is -2.33. The molecule has 2 rings (SSSR count). The summed E-state index contributed by atoms with van der Waals surface area (Å²) >= 11 is 6.14. The number of carbonyl (C=O) groups is 2. The van der Waals surface area contributed by atoms with Gasteiger partial charge in [0, 0.05) is 0 Å². The molecular formula is C33H44ClN5O4. The topological polar surface area (TPSA) is 136 Å². The molecule has 43 heavy (non-hydrogen) atoms. The minimum atomic E-state index is -0.676. The average Bonchev–Trinajstić information content (AvgIpc) is 3.01. The van der Waals surface area contributed by atoms with E-state index in [9.17, 15) is 14.9 Å². The quantitative estimate of drug-likeness (QED) is 0.0774. The monoisotopic (exact) mass is 609 g/mol. The van der Waals surface area contributed by atoms with E-state index in [4.69, 9.17) is 26.3 Å². The van der Waals surface area contributed by atoms with E-state index in [1.807, 2.05) is 12.1 Å². The van der Waals surface area contributed by atoms with E-state index in [0.717, 1.165) is 19.3 Å². The number of esters is 1. The molecule has 0 heterocycles. The molecule has 232 valence electrons. The molecule has 0 spiro atoms. The summed E-state index contributed by atoms with van der Waals surface area (Å²) in [7, 11) is 1.45. The van der Waals surface area contributed by atoms with Crippen LogP contribution in [0.3, 0.4) is 0 Å². The van der Waals surface area contributed by atoms with Gasteiger partial charge in [-0.05, 0) is 36.8 Å². The van der Waals surface area contributed by atoms with E-state index < -0.39 is 12.0 Å². The van der Waals surface area contributed by atoms with Crippen LogP contribution < -0.4 is 20.9 Å². The van der Waals surface area contributed by atoms with Crippen molar-refractivity contribution in [3.8, 4) is 17.9 Å². The average molecular weight is 610 g/mol. The van der Waals surface area contributed by atoms with Crippen LogP contribution in [0.1, 0.15) is 118 Å². The van der Waals surface area contributed by atoms with Gasteiger partial charge in [0.05, 0.1) is 46.8 Å². The molecule has 0 aliphatic heterocycles. The molecule has 0 bridgehead atoms. The number of carbonyl (C=O) groups excluding carboxylic acids is 2. The largest absolute Gasteiger partial charge is 0.495 e. The number of hydrogen-bond acceptors (Lipinski definition) is 7. The lowest BCUT2D eigenvalue weighted by atomic mass is 10.0. The predicted octanol–water partition coefficient (Wildman–Crippen LogP) is 8.88. The third-order valence-corrected chi connectivity index (χ3v) is 7.39. The number of ether oxygens (including phenoxy) is 2. The van der Waals surface area contributed by atoms with Crippen molar-refractivity contribution in [2.75, 3.05) is 24.5 Å². The molecular weight excluding hydrogens is 566 g/mol. The Morgan fingerprint density at radius 1 is 0.791 bits per heavy atom. The summed E-state index contributed by atoms with van der Waals surface area (Å²) in [5.41, 5.74) is 6.04. The molecule has 2 aromatic carbocycles. The van der Waals surface area contributed by atoms with Crippen molar-refractivity contribution in [2.24, 2.45) is 0 Å². The van der Waals surface area contributed by atoms with Gasteiger partial charge in [0.2, 0.25) is 0 Å². The molecule has 0 aliphatic carbocycles. The SMILES string of the molecule is CCCCCCCCCCCCCCCCOC(=O)c1ccc(OC)c(NC(=O)NNc2cc(C#N)c(C#N)cc2Cl)c1. The second-order valence-electron chi connectivity index (χ2n) is 10.5. The number of nitrogens with zero attached hydrogens (tertiary/aromatic N) is 2. The third-order valence-electron chi connectivity index (χ3n) is 7.07. The zero-order chi connectivity index (χ0) is 31.3. The number of methoxy groups -OCH3 is 1. The van der Waals surface area contributed by atoms with Crippen LogP contribution in [-0.2, 0) is 4.74 Å². The number of urea groups is 1. The zero-order valence-electron chi connectivity index (χ0n) is 25.4. The fraction of sp³-hybridized carbons (Fsp3) is 0.515. The highest BCUT2D eigenvalue weighted by atomic mass is 35.5. The molecule has 0 unspecified atom stereocenters. The Morgan fingerprint density at radius 3 is 1.91 bits per heavy atom. The van der Waals surface area contributed by atoms with E-state index in [2.05, 4.69) is 23.1 Å². The van der Waals surface area contributed by atoms with Crippen LogP contribution in [0.5, 0.6) is 5.75 Å². The molecule has 2 aromatic rings. The van der Waals surface area contributed by atoms with Crippen molar-refractivity contribution in [2.45, 2.75) is 96.8 Å². The maximum atomic E-state index is 12.6. The summed E-state index contributed by atoms with van der Waals surface area (Å²) in [5.74, 6) is -0.130. The number of nitriles is 2. The van der Waals surface area contributed by atoms with Gasteiger partial charge in [-0.1, -0.05) is 102 Å². The van der Waals surface area contributed by atoms with Gasteiger partial charge < -0.3 is 14.8 Å². The van der Waals surface area contributed by atoms with E-state index in [1.165, 1.54) is 95.9 Å². The van der Waals surface area contributed by atoms with Crippen molar-refractivity contribution in [1.29, 1.82) is 10.5 Å². The van der Waals surface area contributed by atoms with Crippen LogP contribution in [0.4, 0.5) is 16.2 Å². The van der Waals surface area contributed by atoms with Gasteiger partial charge in [-0.2, -0.15) is 10.5 Å². The maximum Gasteiger partial charge on any atom is 0.338 e. The fourth-order valence-electron chi connectivity index (χ4n) is 4.61. The Balaban J connectivity index is 1.70. The summed E-state index contributed by atoms with van der Waals surface area (Å²) in [5, 5.41) is 21.1. The first-order chi connectivity index (χ1) is 20.9. The second kappa shape index (κ2) is 20.9. The molecule has 0 aromatic heterocycles. The highest BCUT2D eigenvalue weighted by Gasteiger charge is 2.14. The number of rotatable bonds is 20. The summed E-state index contributed by atoms with van der Waals surface area (Å²) < 4.78 is 10.7. The van der Waals surface area contributed by atoms with Crippen LogP contribution in [0.15, 0.2) is 30.3 Å². The number of benzene rings is 2. The van der Waals surface area contributed by atoms with Gasteiger partial charge in [0.15, 0.2) is 0 Å². The highest BCUT2D eigenvalue weighted by Crippen LogP contribution is 2.27. The number of halogens is 1. The Kier molecular flexibility index (Phi) is 17.1. The van der Waals surface area contributed by atoms with Crippen LogP contribution in [0, 0.1) is 22.7 Å². The number of hydrazine groups is 1. The van der Waals surface area contributed by atoms with Gasteiger partial charge in [-0.15, -0.1) is 0 Å². The molecule has 0 aliphatic rings. The minimum absolute atomic E-state index is 0.110.